The van der Waals surface area contributed by atoms with Crippen molar-refractivity contribution in [2.24, 2.45) is 4.99 Å². The van der Waals surface area contributed by atoms with E-state index in [0.29, 0.717) is 18.5 Å². The topological polar surface area (TPSA) is 65.7 Å². The molecule has 0 unspecified atom stereocenters. The monoisotopic (exact) mass is 349 g/mol. The predicted octanol–water partition coefficient (Wildman–Crippen LogP) is 2.90. The Bertz CT molecular complexity index is 552. The molecule has 1 aliphatic rings. The van der Waals surface area contributed by atoms with Crippen LogP contribution in [0.1, 0.15) is 66.0 Å². The van der Waals surface area contributed by atoms with E-state index in [2.05, 4.69) is 67.1 Å². The first-order valence-corrected chi connectivity index (χ1v) is 9.54. The largest absolute Gasteiger partial charge is 0.443 e. The fourth-order valence-electron chi connectivity index (χ4n) is 2.79. The Morgan fingerprint density at radius 3 is 2.60 bits per heavy atom. The van der Waals surface area contributed by atoms with Gasteiger partial charge in [-0.3, -0.25) is 4.90 Å². The molecule has 142 valence electrons. The minimum Gasteiger partial charge on any atom is -0.443 e. The van der Waals surface area contributed by atoms with E-state index >= 15 is 0 Å². The predicted molar refractivity (Wildman–Crippen MR) is 103 cm³/mol. The molecular formula is C19H35N5O. The van der Waals surface area contributed by atoms with E-state index in [1.165, 1.54) is 12.8 Å². The van der Waals surface area contributed by atoms with Crippen molar-refractivity contribution in [3.05, 3.63) is 17.8 Å². The van der Waals surface area contributed by atoms with E-state index < -0.39 is 0 Å². The fraction of sp³-hybridized carbons (Fsp3) is 0.789. The van der Waals surface area contributed by atoms with E-state index in [-0.39, 0.29) is 5.41 Å². The average Bonchev–Trinajstić information content (AvgIpc) is 3.23. The molecule has 0 amide bonds. The molecule has 6 nitrogen and oxygen atoms in total. The van der Waals surface area contributed by atoms with Gasteiger partial charge in [-0.1, -0.05) is 20.8 Å². The van der Waals surface area contributed by atoms with Crippen molar-refractivity contribution in [1.29, 1.82) is 0 Å². The number of guanidine groups is 1. The highest BCUT2D eigenvalue weighted by atomic mass is 16.4. The molecule has 1 aromatic rings. The zero-order valence-electron chi connectivity index (χ0n) is 16.7. The molecule has 0 atom stereocenters. The van der Waals surface area contributed by atoms with Crippen molar-refractivity contribution in [1.82, 2.24) is 20.5 Å². The molecule has 0 aromatic carbocycles. The van der Waals surface area contributed by atoms with Crippen LogP contribution in [-0.4, -0.2) is 47.6 Å². The smallest absolute Gasteiger partial charge is 0.216 e. The van der Waals surface area contributed by atoms with Gasteiger partial charge < -0.3 is 15.1 Å². The maximum atomic E-state index is 5.81. The van der Waals surface area contributed by atoms with Crippen LogP contribution in [0.5, 0.6) is 0 Å². The van der Waals surface area contributed by atoms with Crippen LogP contribution in [0.25, 0.3) is 0 Å². The number of nitrogens with one attached hydrogen (secondary N) is 2. The van der Waals surface area contributed by atoms with Gasteiger partial charge in [0.1, 0.15) is 12.3 Å². The number of hydrogen-bond acceptors (Lipinski definition) is 4. The summed E-state index contributed by atoms with van der Waals surface area (Å²) in [6.45, 7) is 16.2. The van der Waals surface area contributed by atoms with Crippen molar-refractivity contribution in [2.75, 3.05) is 19.6 Å². The summed E-state index contributed by atoms with van der Waals surface area (Å²) in [5.74, 6) is 2.37. The maximum absolute atomic E-state index is 5.81. The van der Waals surface area contributed by atoms with Crippen LogP contribution in [-0.2, 0) is 12.0 Å². The minimum absolute atomic E-state index is 0.0270. The Morgan fingerprint density at radius 2 is 2.08 bits per heavy atom. The van der Waals surface area contributed by atoms with Crippen molar-refractivity contribution >= 4 is 5.96 Å². The van der Waals surface area contributed by atoms with Gasteiger partial charge >= 0.3 is 0 Å². The summed E-state index contributed by atoms with van der Waals surface area (Å²) in [6.07, 6.45) is 4.49. The van der Waals surface area contributed by atoms with Crippen LogP contribution in [0.4, 0.5) is 0 Å². The highest BCUT2D eigenvalue weighted by molar-refractivity contribution is 5.79. The van der Waals surface area contributed by atoms with Gasteiger partial charge in [0.05, 0.1) is 6.20 Å². The SMILES string of the molecule is CCNC(=NCc1ncc(C(C)(C)C)o1)NCCN(C(C)C)C1CC1. The molecule has 0 bridgehead atoms. The number of oxazole rings is 1. The summed E-state index contributed by atoms with van der Waals surface area (Å²) in [4.78, 5) is 11.5. The summed E-state index contributed by atoms with van der Waals surface area (Å²) in [5, 5.41) is 6.71. The molecule has 1 aromatic heterocycles. The molecule has 1 heterocycles. The van der Waals surface area contributed by atoms with Crippen molar-refractivity contribution in [3.8, 4) is 0 Å². The van der Waals surface area contributed by atoms with Crippen LogP contribution in [0.3, 0.4) is 0 Å². The maximum Gasteiger partial charge on any atom is 0.216 e. The Labute approximate surface area is 152 Å². The Kier molecular flexibility index (Phi) is 6.87. The van der Waals surface area contributed by atoms with Crippen molar-refractivity contribution in [2.45, 2.75) is 78.4 Å². The van der Waals surface area contributed by atoms with Gasteiger partial charge in [-0.2, -0.15) is 0 Å². The zero-order valence-corrected chi connectivity index (χ0v) is 16.7. The Hall–Kier alpha value is -1.56. The van der Waals surface area contributed by atoms with Gasteiger partial charge in [-0.15, -0.1) is 0 Å². The molecule has 0 aliphatic heterocycles. The Balaban J connectivity index is 1.86. The first-order valence-electron chi connectivity index (χ1n) is 9.54. The molecule has 2 N–H and O–H groups in total. The van der Waals surface area contributed by atoms with Gasteiger partial charge in [-0.05, 0) is 33.6 Å². The first kappa shape index (κ1) is 19.8. The van der Waals surface area contributed by atoms with Crippen LogP contribution in [0.2, 0.25) is 0 Å². The second-order valence-electron chi connectivity index (χ2n) is 8.05. The molecule has 25 heavy (non-hydrogen) atoms. The second-order valence-corrected chi connectivity index (χ2v) is 8.05. The van der Waals surface area contributed by atoms with Gasteiger partial charge in [0.15, 0.2) is 5.96 Å². The van der Waals surface area contributed by atoms with Gasteiger partial charge in [0, 0.05) is 37.1 Å². The normalized spacial score (nSPS) is 15.9. The number of nitrogens with zero attached hydrogens (tertiary/aromatic N) is 3. The van der Waals surface area contributed by atoms with E-state index in [1.54, 1.807) is 6.20 Å². The number of rotatable bonds is 8. The first-order chi connectivity index (χ1) is 11.8. The summed E-state index contributed by atoms with van der Waals surface area (Å²) < 4.78 is 5.81. The molecule has 0 radical (unpaired) electrons. The molecule has 0 spiro atoms. The van der Waals surface area contributed by atoms with Crippen LogP contribution in [0, 0.1) is 0 Å². The van der Waals surface area contributed by atoms with Crippen molar-refractivity contribution in [3.63, 3.8) is 0 Å². The molecule has 6 heteroatoms. The Morgan fingerprint density at radius 1 is 1.36 bits per heavy atom. The molecule has 2 rings (SSSR count). The second kappa shape index (κ2) is 8.70. The highest BCUT2D eigenvalue weighted by Gasteiger charge is 2.30. The van der Waals surface area contributed by atoms with E-state index in [9.17, 15) is 0 Å². The number of aromatic nitrogens is 1. The summed E-state index contributed by atoms with van der Waals surface area (Å²) in [6, 6.07) is 1.38. The minimum atomic E-state index is -0.0270. The van der Waals surface area contributed by atoms with Gasteiger partial charge in [0.2, 0.25) is 5.89 Å². The standard InChI is InChI=1S/C19H35N5O/c1-7-20-18(21-10-11-24(14(2)3)15-8-9-15)23-13-17-22-12-16(25-17)19(4,5)6/h12,14-15H,7-11,13H2,1-6H3,(H2,20,21,23). The molecule has 1 fully saturated rings. The van der Waals surface area contributed by atoms with Crippen LogP contribution in [0.15, 0.2) is 15.6 Å². The molecule has 1 aliphatic carbocycles. The summed E-state index contributed by atoms with van der Waals surface area (Å²) in [7, 11) is 0. The van der Waals surface area contributed by atoms with Crippen LogP contribution < -0.4 is 10.6 Å². The van der Waals surface area contributed by atoms with Gasteiger partial charge in [0.25, 0.3) is 0 Å². The lowest BCUT2D eigenvalue weighted by atomic mass is 9.94. The summed E-state index contributed by atoms with van der Waals surface area (Å²) >= 11 is 0. The van der Waals surface area contributed by atoms with E-state index in [4.69, 9.17) is 4.42 Å². The number of hydrogen-bond donors (Lipinski definition) is 2. The number of aliphatic imine (C=N–C) groups is 1. The molecule has 0 saturated heterocycles. The third-order valence-electron chi connectivity index (χ3n) is 4.35. The lowest BCUT2D eigenvalue weighted by Crippen LogP contribution is -2.43. The third kappa shape index (κ3) is 6.34. The van der Waals surface area contributed by atoms with E-state index in [0.717, 1.165) is 37.4 Å². The highest BCUT2D eigenvalue weighted by Crippen LogP contribution is 2.28. The summed E-state index contributed by atoms with van der Waals surface area (Å²) in [5.41, 5.74) is -0.0270. The third-order valence-corrected chi connectivity index (χ3v) is 4.35. The average molecular weight is 350 g/mol. The lowest BCUT2D eigenvalue weighted by molar-refractivity contribution is 0.215. The molecular weight excluding hydrogens is 314 g/mol. The van der Waals surface area contributed by atoms with Crippen LogP contribution >= 0.6 is 0 Å². The van der Waals surface area contributed by atoms with E-state index in [1.807, 2.05) is 0 Å². The van der Waals surface area contributed by atoms with Crippen molar-refractivity contribution < 1.29 is 4.42 Å². The lowest BCUT2D eigenvalue weighted by Gasteiger charge is -2.26. The zero-order chi connectivity index (χ0) is 18.4. The quantitative estimate of drug-likeness (QED) is 0.558. The molecule has 1 saturated carbocycles. The fourth-order valence-corrected chi connectivity index (χ4v) is 2.79. The van der Waals surface area contributed by atoms with Gasteiger partial charge in [-0.25, -0.2) is 9.98 Å².